The lowest BCUT2D eigenvalue weighted by Crippen LogP contribution is -2.16. The molecule has 0 unspecified atom stereocenters. The molecule has 1 N–H and O–H groups in total. The topological polar surface area (TPSA) is 64.6 Å². The Hall–Kier alpha value is -2.21. The Morgan fingerprint density at radius 1 is 1.00 bits per heavy atom. The Labute approximate surface area is 143 Å². The van der Waals surface area contributed by atoms with E-state index in [-0.39, 0.29) is 4.90 Å². The van der Waals surface area contributed by atoms with Gasteiger partial charge in [-0.15, -0.1) is 0 Å². The third-order valence-electron chi connectivity index (χ3n) is 3.95. The molecule has 0 aliphatic carbocycles. The molecular formula is C18H23NO4S. The van der Waals surface area contributed by atoms with Crippen molar-refractivity contribution < 1.29 is 17.9 Å². The summed E-state index contributed by atoms with van der Waals surface area (Å²) in [6.45, 7) is 5.61. The SMILES string of the molecule is CCc1cccc(C)c1NS(=O)(=O)c1cc(OC)c(OC)cc1C. The van der Waals surface area contributed by atoms with E-state index in [0.717, 1.165) is 17.5 Å². The second-order valence-electron chi connectivity index (χ2n) is 5.54. The average Bonchev–Trinajstić information content (AvgIpc) is 2.55. The Balaban J connectivity index is 2.53. The lowest BCUT2D eigenvalue weighted by atomic mass is 10.1. The number of methoxy groups -OCH3 is 2. The van der Waals surface area contributed by atoms with Crippen molar-refractivity contribution in [2.24, 2.45) is 0 Å². The van der Waals surface area contributed by atoms with E-state index < -0.39 is 10.0 Å². The summed E-state index contributed by atoms with van der Waals surface area (Å²) in [4.78, 5) is 0.172. The highest BCUT2D eigenvalue weighted by Gasteiger charge is 2.22. The summed E-state index contributed by atoms with van der Waals surface area (Å²) in [5.74, 6) is 0.878. The molecule has 0 radical (unpaired) electrons. The van der Waals surface area contributed by atoms with Crippen molar-refractivity contribution in [3.8, 4) is 11.5 Å². The van der Waals surface area contributed by atoms with Crippen molar-refractivity contribution in [1.29, 1.82) is 0 Å². The molecule has 2 aromatic carbocycles. The molecule has 6 heteroatoms. The molecule has 0 aliphatic rings. The van der Waals surface area contributed by atoms with Crippen molar-refractivity contribution in [2.45, 2.75) is 32.1 Å². The molecule has 0 bridgehead atoms. The zero-order valence-electron chi connectivity index (χ0n) is 14.6. The minimum atomic E-state index is -3.74. The predicted octanol–water partition coefficient (Wildman–Crippen LogP) is 3.68. The number of aryl methyl sites for hydroxylation is 3. The van der Waals surface area contributed by atoms with Crippen LogP contribution in [0.15, 0.2) is 35.2 Å². The first kappa shape index (κ1) is 18.1. The summed E-state index contributed by atoms with van der Waals surface area (Å²) in [5.41, 5.74) is 3.06. The first-order valence-electron chi connectivity index (χ1n) is 7.68. The lowest BCUT2D eigenvalue weighted by Gasteiger charge is -2.17. The first-order valence-corrected chi connectivity index (χ1v) is 9.16. The largest absolute Gasteiger partial charge is 0.493 e. The molecule has 2 rings (SSSR count). The molecule has 0 fully saturated rings. The molecule has 0 aliphatic heterocycles. The molecule has 2 aromatic rings. The van der Waals surface area contributed by atoms with E-state index >= 15 is 0 Å². The summed E-state index contributed by atoms with van der Waals surface area (Å²) in [5, 5.41) is 0. The number of para-hydroxylation sites is 1. The number of sulfonamides is 1. The van der Waals surface area contributed by atoms with Gasteiger partial charge in [0.05, 0.1) is 24.8 Å². The van der Waals surface area contributed by atoms with Gasteiger partial charge < -0.3 is 9.47 Å². The number of ether oxygens (including phenoxy) is 2. The first-order chi connectivity index (χ1) is 11.3. The third kappa shape index (κ3) is 3.48. The molecular weight excluding hydrogens is 326 g/mol. The molecule has 0 saturated heterocycles. The fourth-order valence-electron chi connectivity index (χ4n) is 2.61. The van der Waals surface area contributed by atoms with Crippen LogP contribution in [0.2, 0.25) is 0 Å². The van der Waals surface area contributed by atoms with Crippen LogP contribution in [0.1, 0.15) is 23.6 Å². The fraction of sp³-hybridized carbons (Fsp3) is 0.333. The van der Waals surface area contributed by atoms with Crippen LogP contribution in [0.5, 0.6) is 11.5 Å². The van der Waals surface area contributed by atoms with Gasteiger partial charge in [-0.05, 0) is 43.0 Å². The van der Waals surface area contributed by atoms with Gasteiger partial charge in [0, 0.05) is 6.07 Å². The molecule has 0 amide bonds. The minimum absolute atomic E-state index is 0.172. The van der Waals surface area contributed by atoms with Gasteiger partial charge in [0.25, 0.3) is 10.0 Å². The summed E-state index contributed by atoms with van der Waals surface area (Å²) in [7, 11) is -0.744. The van der Waals surface area contributed by atoms with Crippen molar-refractivity contribution >= 4 is 15.7 Å². The highest BCUT2D eigenvalue weighted by atomic mass is 32.2. The Kier molecular flexibility index (Phi) is 5.39. The van der Waals surface area contributed by atoms with Gasteiger partial charge in [0.15, 0.2) is 11.5 Å². The van der Waals surface area contributed by atoms with Crippen molar-refractivity contribution in [1.82, 2.24) is 0 Å². The van der Waals surface area contributed by atoms with Crippen molar-refractivity contribution in [3.63, 3.8) is 0 Å². The quantitative estimate of drug-likeness (QED) is 0.864. The van der Waals surface area contributed by atoms with E-state index in [0.29, 0.717) is 22.7 Å². The monoisotopic (exact) mass is 349 g/mol. The van der Waals surface area contributed by atoms with Crippen LogP contribution in [0.3, 0.4) is 0 Å². The van der Waals surface area contributed by atoms with Gasteiger partial charge in [-0.2, -0.15) is 0 Å². The van der Waals surface area contributed by atoms with E-state index in [1.165, 1.54) is 20.3 Å². The lowest BCUT2D eigenvalue weighted by molar-refractivity contribution is 0.353. The van der Waals surface area contributed by atoms with E-state index in [9.17, 15) is 8.42 Å². The van der Waals surface area contributed by atoms with Gasteiger partial charge >= 0.3 is 0 Å². The second-order valence-corrected chi connectivity index (χ2v) is 7.19. The maximum atomic E-state index is 12.9. The van der Waals surface area contributed by atoms with Crippen LogP contribution in [0.25, 0.3) is 0 Å². The highest BCUT2D eigenvalue weighted by Crippen LogP contribution is 2.34. The fourth-order valence-corrected chi connectivity index (χ4v) is 4.03. The van der Waals surface area contributed by atoms with Crippen LogP contribution in [0.4, 0.5) is 5.69 Å². The summed E-state index contributed by atoms with van der Waals surface area (Å²) in [6.07, 6.45) is 0.741. The highest BCUT2D eigenvalue weighted by molar-refractivity contribution is 7.92. The van der Waals surface area contributed by atoms with Gasteiger partial charge in [0.2, 0.25) is 0 Å². The van der Waals surface area contributed by atoms with Gasteiger partial charge in [-0.3, -0.25) is 4.72 Å². The number of nitrogens with one attached hydrogen (secondary N) is 1. The molecule has 5 nitrogen and oxygen atoms in total. The van der Waals surface area contributed by atoms with E-state index in [4.69, 9.17) is 9.47 Å². The number of benzene rings is 2. The van der Waals surface area contributed by atoms with Gasteiger partial charge in [0.1, 0.15) is 0 Å². The zero-order valence-corrected chi connectivity index (χ0v) is 15.5. The molecule has 0 spiro atoms. The number of anilines is 1. The Bertz CT molecular complexity index is 844. The predicted molar refractivity (Wildman–Crippen MR) is 95.6 cm³/mol. The van der Waals surface area contributed by atoms with Crippen LogP contribution in [-0.2, 0) is 16.4 Å². The van der Waals surface area contributed by atoms with Crippen LogP contribution >= 0.6 is 0 Å². The maximum Gasteiger partial charge on any atom is 0.262 e. The van der Waals surface area contributed by atoms with Gasteiger partial charge in [-0.1, -0.05) is 25.1 Å². The van der Waals surface area contributed by atoms with Crippen molar-refractivity contribution in [2.75, 3.05) is 18.9 Å². The third-order valence-corrected chi connectivity index (χ3v) is 5.44. The smallest absolute Gasteiger partial charge is 0.262 e. The standard InChI is InChI=1S/C18H23NO4S/c1-6-14-9-7-8-12(2)18(14)19-24(20,21)17-11-16(23-5)15(22-4)10-13(17)3/h7-11,19H,6H2,1-5H3. The molecule has 0 aromatic heterocycles. The normalized spacial score (nSPS) is 11.2. The molecule has 0 heterocycles. The minimum Gasteiger partial charge on any atom is -0.493 e. The summed E-state index contributed by atoms with van der Waals surface area (Å²) in [6, 6.07) is 8.88. The molecule has 0 saturated carbocycles. The Morgan fingerprint density at radius 2 is 1.62 bits per heavy atom. The van der Waals surface area contributed by atoms with Crippen molar-refractivity contribution in [3.05, 3.63) is 47.0 Å². The van der Waals surface area contributed by atoms with Gasteiger partial charge in [-0.25, -0.2) is 8.42 Å². The number of hydrogen-bond donors (Lipinski definition) is 1. The summed E-state index contributed by atoms with van der Waals surface area (Å²) < 4.78 is 39.0. The molecule has 130 valence electrons. The summed E-state index contributed by atoms with van der Waals surface area (Å²) >= 11 is 0. The molecule has 0 atom stereocenters. The maximum absolute atomic E-state index is 12.9. The van der Waals surface area contributed by atoms with E-state index in [1.807, 2.05) is 32.0 Å². The Morgan fingerprint density at radius 3 is 2.21 bits per heavy atom. The number of hydrogen-bond acceptors (Lipinski definition) is 4. The van der Waals surface area contributed by atoms with Crippen LogP contribution in [-0.4, -0.2) is 22.6 Å². The van der Waals surface area contributed by atoms with E-state index in [2.05, 4.69) is 4.72 Å². The number of rotatable bonds is 6. The molecule has 24 heavy (non-hydrogen) atoms. The van der Waals surface area contributed by atoms with E-state index in [1.54, 1.807) is 13.0 Å². The van der Waals surface area contributed by atoms with Crippen LogP contribution in [0, 0.1) is 13.8 Å². The van der Waals surface area contributed by atoms with Crippen LogP contribution < -0.4 is 14.2 Å². The average molecular weight is 349 g/mol. The second kappa shape index (κ2) is 7.13. The zero-order chi connectivity index (χ0) is 17.9.